The first-order chi connectivity index (χ1) is 14.6. The SMILES string of the molecule is COc1ccc(-c2nc3c(NCCc4ccc(O)cc4)ncnc3n2C(C)C)cn1. The summed E-state index contributed by atoms with van der Waals surface area (Å²) in [6.07, 6.45) is 4.11. The molecule has 0 saturated carbocycles. The van der Waals surface area contributed by atoms with Gasteiger partial charge in [0.2, 0.25) is 5.88 Å². The largest absolute Gasteiger partial charge is 0.508 e. The van der Waals surface area contributed by atoms with Crippen molar-refractivity contribution in [3.63, 3.8) is 0 Å². The van der Waals surface area contributed by atoms with Gasteiger partial charge in [-0.15, -0.1) is 0 Å². The molecule has 0 fully saturated rings. The van der Waals surface area contributed by atoms with Gasteiger partial charge in [0.05, 0.1) is 7.11 Å². The number of nitrogens with zero attached hydrogens (tertiary/aromatic N) is 5. The molecule has 3 aromatic heterocycles. The van der Waals surface area contributed by atoms with E-state index in [1.54, 1.807) is 31.8 Å². The smallest absolute Gasteiger partial charge is 0.212 e. The molecule has 8 heteroatoms. The molecule has 4 aromatic rings. The lowest BCUT2D eigenvalue weighted by atomic mass is 10.1. The monoisotopic (exact) mass is 404 g/mol. The van der Waals surface area contributed by atoms with Crippen LogP contribution in [0.3, 0.4) is 0 Å². The molecular weight excluding hydrogens is 380 g/mol. The Morgan fingerprint density at radius 1 is 1.07 bits per heavy atom. The Labute approximate surface area is 174 Å². The zero-order chi connectivity index (χ0) is 21.1. The molecule has 0 saturated heterocycles. The highest BCUT2D eigenvalue weighted by Gasteiger charge is 2.19. The number of ether oxygens (including phenoxy) is 1. The summed E-state index contributed by atoms with van der Waals surface area (Å²) in [5, 5.41) is 12.8. The van der Waals surface area contributed by atoms with Gasteiger partial charge < -0.3 is 19.7 Å². The zero-order valence-electron chi connectivity index (χ0n) is 17.2. The van der Waals surface area contributed by atoms with Gasteiger partial charge in [0.25, 0.3) is 0 Å². The third kappa shape index (κ3) is 3.89. The van der Waals surface area contributed by atoms with Gasteiger partial charge in [0.1, 0.15) is 17.9 Å². The molecule has 0 atom stereocenters. The van der Waals surface area contributed by atoms with E-state index in [4.69, 9.17) is 9.72 Å². The van der Waals surface area contributed by atoms with Crippen molar-refractivity contribution in [2.45, 2.75) is 26.3 Å². The Morgan fingerprint density at radius 2 is 1.87 bits per heavy atom. The Bertz CT molecular complexity index is 1140. The summed E-state index contributed by atoms with van der Waals surface area (Å²) in [5.41, 5.74) is 3.52. The minimum Gasteiger partial charge on any atom is -0.508 e. The maximum atomic E-state index is 9.42. The van der Waals surface area contributed by atoms with Crippen LogP contribution in [0.1, 0.15) is 25.5 Å². The standard InChI is InChI=1S/C22H24N6O2/c1-14(2)28-21(16-6-9-18(30-3)24-12-16)27-19-20(25-13-26-22(19)28)23-11-10-15-4-7-17(29)8-5-15/h4-9,12-14,29H,10-11H2,1-3H3,(H,23,25,26). The van der Waals surface area contributed by atoms with Crippen LogP contribution in [0.4, 0.5) is 5.82 Å². The maximum Gasteiger partial charge on any atom is 0.212 e. The van der Waals surface area contributed by atoms with Crippen LogP contribution in [0.5, 0.6) is 11.6 Å². The van der Waals surface area contributed by atoms with Crippen molar-refractivity contribution < 1.29 is 9.84 Å². The number of phenolic OH excluding ortho intramolecular Hbond substituents is 1. The Morgan fingerprint density at radius 3 is 2.53 bits per heavy atom. The van der Waals surface area contributed by atoms with Crippen molar-refractivity contribution in [2.24, 2.45) is 0 Å². The zero-order valence-corrected chi connectivity index (χ0v) is 17.2. The predicted octanol–water partition coefficient (Wildman–Crippen LogP) is 3.84. The third-order valence-corrected chi connectivity index (χ3v) is 4.84. The van der Waals surface area contributed by atoms with Gasteiger partial charge in [0.15, 0.2) is 17.0 Å². The van der Waals surface area contributed by atoms with Crippen LogP contribution in [0.2, 0.25) is 0 Å². The molecule has 0 unspecified atom stereocenters. The molecule has 0 aliphatic rings. The van der Waals surface area contributed by atoms with Crippen molar-refractivity contribution in [3.8, 4) is 23.0 Å². The second-order valence-electron chi connectivity index (χ2n) is 7.23. The van der Waals surface area contributed by atoms with Gasteiger partial charge in [0, 0.05) is 30.4 Å². The number of imidazole rings is 1. The van der Waals surface area contributed by atoms with Crippen LogP contribution in [0.25, 0.3) is 22.6 Å². The van der Waals surface area contributed by atoms with E-state index >= 15 is 0 Å². The van der Waals surface area contributed by atoms with Gasteiger partial charge in [-0.25, -0.2) is 19.9 Å². The number of fused-ring (bicyclic) bond motifs is 1. The van der Waals surface area contributed by atoms with Gasteiger partial charge in [-0.2, -0.15) is 0 Å². The van der Waals surface area contributed by atoms with E-state index in [9.17, 15) is 5.11 Å². The lowest BCUT2D eigenvalue weighted by molar-refractivity contribution is 0.398. The average Bonchev–Trinajstić information content (AvgIpc) is 3.16. The third-order valence-electron chi connectivity index (χ3n) is 4.84. The van der Waals surface area contributed by atoms with E-state index in [1.165, 1.54) is 0 Å². The fourth-order valence-electron chi connectivity index (χ4n) is 3.35. The number of aromatic hydroxyl groups is 1. The number of nitrogens with one attached hydrogen (secondary N) is 1. The summed E-state index contributed by atoms with van der Waals surface area (Å²) < 4.78 is 7.25. The minimum atomic E-state index is 0.159. The number of anilines is 1. The summed E-state index contributed by atoms with van der Waals surface area (Å²) in [7, 11) is 1.59. The predicted molar refractivity (Wildman–Crippen MR) is 116 cm³/mol. The van der Waals surface area contributed by atoms with E-state index in [0.29, 0.717) is 18.2 Å². The molecule has 30 heavy (non-hydrogen) atoms. The summed E-state index contributed by atoms with van der Waals surface area (Å²) in [4.78, 5) is 18.1. The van der Waals surface area contributed by atoms with E-state index in [2.05, 4.69) is 38.7 Å². The normalized spacial score (nSPS) is 11.2. The van der Waals surface area contributed by atoms with Crippen molar-refractivity contribution in [3.05, 3.63) is 54.5 Å². The Kier molecular flexibility index (Phi) is 5.47. The molecule has 2 N–H and O–H groups in total. The Hall–Kier alpha value is -3.68. The van der Waals surface area contributed by atoms with Crippen molar-refractivity contribution in [1.82, 2.24) is 24.5 Å². The summed E-state index contributed by atoms with van der Waals surface area (Å²) in [6, 6.07) is 11.1. The van der Waals surface area contributed by atoms with Crippen molar-refractivity contribution in [2.75, 3.05) is 19.0 Å². The number of phenols is 1. The molecule has 0 amide bonds. The van der Waals surface area contributed by atoms with Crippen molar-refractivity contribution in [1.29, 1.82) is 0 Å². The molecule has 0 spiro atoms. The van der Waals surface area contributed by atoms with Gasteiger partial charge in [-0.05, 0) is 44.0 Å². The summed E-state index contributed by atoms with van der Waals surface area (Å²) in [6.45, 7) is 4.88. The molecule has 0 aliphatic heterocycles. The summed E-state index contributed by atoms with van der Waals surface area (Å²) >= 11 is 0. The van der Waals surface area contributed by atoms with Gasteiger partial charge >= 0.3 is 0 Å². The first-order valence-corrected chi connectivity index (χ1v) is 9.82. The molecule has 0 aliphatic carbocycles. The fraction of sp³-hybridized carbons (Fsp3) is 0.273. The number of hydrogen-bond acceptors (Lipinski definition) is 7. The molecule has 0 radical (unpaired) electrons. The molecule has 1 aromatic carbocycles. The number of aromatic nitrogens is 5. The average molecular weight is 404 g/mol. The number of benzene rings is 1. The van der Waals surface area contributed by atoms with Crippen LogP contribution >= 0.6 is 0 Å². The number of methoxy groups -OCH3 is 1. The first-order valence-electron chi connectivity index (χ1n) is 9.82. The van der Waals surface area contributed by atoms with E-state index in [1.807, 2.05) is 24.3 Å². The topological polar surface area (TPSA) is 98.0 Å². The van der Waals surface area contributed by atoms with E-state index in [0.717, 1.165) is 34.5 Å². The highest BCUT2D eigenvalue weighted by molar-refractivity contribution is 5.86. The molecule has 3 heterocycles. The molecule has 0 bridgehead atoms. The highest BCUT2D eigenvalue weighted by atomic mass is 16.5. The number of pyridine rings is 1. The molecule has 8 nitrogen and oxygen atoms in total. The highest BCUT2D eigenvalue weighted by Crippen LogP contribution is 2.30. The van der Waals surface area contributed by atoms with Crippen LogP contribution in [-0.2, 0) is 6.42 Å². The number of hydrogen-bond donors (Lipinski definition) is 2. The van der Waals surface area contributed by atoms with E-state index < -0.39 is 0 Å². The van der Waals surface area contributed by atoms with E-state index in [-0.39, 0.29) is 11.8 Å². The maximum absolute atomic E-state index is 9.42. The van der Waals surface area contributed by atoms with Crippen LogP contribution in [-0.4, -0.2) is 43.3 Å². The minimum absolute atomic E-state index is 0.159. The molecule has 4 rings (SSSR count). The summed E-state index contributed by atoms with van der Waals surface area (Å²) in [5.74, 6) is 2.31. The van der Waals surface area contributed by atoms with Crippen LogP contribution in [0.15, 0.2) is 48.9 Å². The quantitative estimate of drug-likeness (QED) is 0.483. The van der Waals surface area contributed by atoms with Gasteiger partial charge in [-0.1, -0.05) is 12.1 Å². The number of rotatable bonds is 7. The lowest BCUT2D eigenvalue weighted by Crippen LogP contribution is -2.08. The molecular formula is C22H24N6O2. The van der Waals surface area contributed by atoms with Crippen molar-refractivity contribution >= 4 is 17.0 Å². The lowest BCUT2D eigenvalue weighted by Gasteiger charge is -2.12. The Balaban J connectivity index is 1.65. The van der Waals surface area contributed by atoms with Crippen LogP contribution < -0.4 is 10.1 Å². The second kappa shape index (κ2) is 8.36. The molecule has 154 valence electrons. The van der Waals surface area contributed by atoms with Gasteiger partial charge in [-0.3, -0.25) is 0 Å². The fourth-order valence-corrected chi connectivity index (χ4v) is 3.35. The van der Waals surface area contributed by atoms with Crippen LogP contribution in [0, 0.1) is 0 Å². The second-order valence-corrected chi connectivity index (χ2v) is 7.23. The first kappa shape index (κ1) is 19.6.